The number of carbonyl (C=O) groups is 2. The van der Waals surface area contributed by atoms with Crippen LogP contribution in [0.3, 0.4) is 0 Å². The van der Waals surface area contributed by atoms with Gasteiger partial charge < -0.3 is 10.4 Å². The number of amides is 1. The van der Waals surface area contributed by atoms with Crippen molar-refractivity contribution in [2.24, 2.45) is 0 Å². The van der Waals surface area contributed by atoms with Crippen LogP contribution < -0.4 is 5.32 Å². The first-order valence-corrected chi connectivity index (χ1v) is 5.11. The lowest BCUT2D eigenvalue weighted by molar-refractivity contribution is -0.146. The van der Waals surface area contributed by atoms with Crippen molar-refractivity contribution in [1.82, 2.24) is 5.32 Å². The summed E-state index contributed by atoms with van der Waals surface area (Å²) in [5.74, 6) is -2.03. The lowest BCUT2D eigenvalue weighted by Gasteiger charge is -2.24. The van der Waals surface area contributed by atoms with E-state index in [2.05, 4.69) is 21.2 Å². The Hall–Kier alpha value is -1.43. The van der Waals surface area contributed by atoms with Gasteiger partial charge in [-0.15, -0.1) is 0 Å². The second-order valence-electron chi connectivity index (χ2n) is 3.32. The van der Waals surface area contributed by atoms with Gasteiger partial charge in [-0.2, -0.15) is 0 Å². The zero-order chi connectivity index (χ0) is 12.3. The zero-order valence-electron chi connectivity index (χ0n) is 8.33. The Labute approximate surface area is 99.6 Å². The first-order valence-electron chi connectivity index (χ1n) is 4.32. The quantitative estimate of drug-likeness (QED) is 0.828. The molecule has 2 N–H and O–H groups in total. The van der Waals surface area contributed by atoms with Gasteiger partial charge in [0.15, 0.2) is 5.54 Å². The van der Waals surface area contributed by atoms with Gasteiger partial charge in [-0.1, -0.05) is 22.0 Å². The fourth-order valence-corrected chi connectivity index (χ4v) is 1.60. The highest BCUT2D eigenvalue weighted by Gasteiger charge is 2.37. The number of hydrogen-bond donors (Lipinski definition) is 2. The van der Waals surface area contributed by atoms with Crippen molar-refractivity contribution >= 4 is 28.3 Å². The second kappa shape index (κ2) is 4.61. The normalized spacial score (nSPS) is 13.9. The molecule has 0 aliphatic carbocycles. The molecule has 0 spiro atoms. The van der Waals surface area contributed by atoms with Crippen LogP contribution in [0.1, 0.15) is 12.5 Å². The van der Waals surface area contributed by atoms with Gasteiger partial charge in [-0.05, 0) is 19.1 Å². The van der Waals surface area contributed by atoms with Crippen molar-refractivity contribution in [2.75, 3.05) is 0 Å². The lowest BCUT2D eigenvalue weighted by Crippen LogP contribution is -2.46. The lowest BCUT2D eigenvalue weighted by atomic mass is 9.92. The average Bonchev–Trinajstić information content (AvgIpc) is 2.17. The summed E-state index contributed by atoms with van der Waals surface area (Å²) in [5.41, 5.74) is -1.87. The van der Waals surface area contributed by atoms with E-state index in [1.807, 2.05) is 0 Å². The Kier molecular flexibility index (Phi) is 3.64. The van der Waals surface area contributed by atoms with Gasteiger partial charge in [0.2, 0.25) is 6.41 Å². The minimum Gasteiger partial charge on any atom is -0.479 e. The highest BCUT2D eigenvalue weighted by molar-refractivity contribution is 9.10. The van der Waals surface area contributed by atoms with E-state index in [9.17, 15) is 14.0 Å². The molecule has 1 unspecified atom stereocenters. The molecule has 4 nitrogen and oxygen atoms in total. The minimum atomic E-state index is -1.77. The van der Waals surface area contributed by atoms with Crippen molar-refractivity contribution in [3.05, 3.63) is 34.1 Å². The molecule has 0 heterocycles. The second-order valence-corrected chi connectivity index (χ2v) is 4.23. The van der Waals surface area contributed by atoms with Crippen LogP contribution in [0.15, 0.2) is 22.7 Å². The molecule has 1 atom stereocenters. The molecule has 6 heteroatoms. The molecule has 0 saturated carbocycles. The maximum atomic E-state index is 13.6. The monoisotopic (exact) mass is 289 g/mol. The minimum absolute atomic E-state index is 0.102. The number of benzene rings is 1. The number of aliphatic carboxylic acids is 1. The van der Waals surface area contributed by atoms with Gasteiger partial charge >= 0.3 is 5.97 Å². The highest BCUT2D eigenvalue weighted by Crippen LogP contribution is 2.26. The molecule has 1 aromatic carbocycles. The van der Waals surface area contributed by atoms with Crippen molar-refractivity contribution in [3.63, 3.8) is 0 Å². The zero-order valence-corrected chi connectivity index (χ0v) is 9.92. The summed E-state index contributed by atoms with van der Waals surface area (Å²) in [7, 11) is 0. The summed E-state index contributed by atoms with van der Waals surface area (Å²) < 4.78 is 14.1. The van der Waals surface area contributed by atoms with Crippen LogP contribution in [0.4, 0.5) is 4.39 Å². The van der Waals surface area contributed by atoms with Crippen LogP contribution in [0.5, 0.6) is 0 Å². The summed E-state index contributed by atoms with van der Waals surface area (Å²) in [6, 6.07) is 3.96. The van der Waals surface area contributed by atoms with Gasteiger partial charge in [0.25, 0.3) is 0 Å². The van der Waals surface area contributed by atoms with Crippen LogP contribution in [0.25, 0.3) is 0 Å². The molecule has 0 aromatic heterocycles. The topological polar surface area (TPSA) is 66.4 Å². The van der Waals surface area contributed by atoms with E-state index in [1.54, 1.807) is 0 Å². The number of halogens is 2. The number of hydrogen-bond acceptors (Lipinski definition) is 2. The molecule has 16 heavy (non-hydrogen) atoms. The Morgan fingerprint density at radius 3 is 2.69 bits per heavy atom. The smallest absolute Gasteiger partial charge is 0.333 e. The van der Waals surface area contributed by atoms with Gasteiger partial charge in [0, 0.05) is 10.0 Å². The van der Waals surface area contributed by atoms with E-state index in [0.29, 0.717) is 4.47 Å². The predicted octanol–water partition coefficient (Wildman–Crippen LogP) is 1.63. The van der Waals surface area contributed by atoms with Crippen LogP contribution in [-0.2, 0) is 15.1 Å². The Bertz CT molecular complexity index is 438. The Morgan fingerprint density at radius 1 is 1.62 bits per heavy atom. The van der Waals surface area contributed by atoms with Gasteiger partial charge in [0.05, 0.1) is 0 Å². The summed E-state index contributed by atoms with van der Waals surface area (Å²) >= 11 is 3.06. The molecule has 0 aliphatic heterocycles. The maximum absolute atomic E-state index is 13.6. The standard InChI is InChI=1S/C10H9BrFNO3/c1-10(9(15)16,13-5-14)7-3-2-6(11)4-8(7)12/h2-5H,1H3,(H,13,14)(H,15,16). The van der Waals surface area contributed by atoms with E-state index in [1.165, 1.54) is 19.1 Å². The van der Waals surface area contributed by atoms with E-state index >= 15 is 0 Å². The molecular weight excluding hydrogens is 281 g/mol. The van der Waals surface area contributed by atoms with Crippen LogP contribution in [-0.4, -0.2) is 17.5 Å². The van der Waals surface area contributed by atoms with Crippen LogP contribution in [0.2, 0.25) is 0 Å². The third-order valence-electron chi connectivity index (χ3n) is 2.25. The molecule has 0 fully saturated rings. The summed E-state index contributed by atoms with van der Waals surface area (Å²) in [5, 5.41) is 11.1. The Morgan fingerprint density at radius 2 is 2.25 bits per heavy atom. The third-order valence-corrected chi connectivity index (χ3v) is 2.74. The number of nitrogens with one attached hydrogen (secondary N) is 1. The van der Waals surface area contributed by atoms with Crippen molar-refractivity contribution in [2.45, 2.75) is 12.5 Å². The number of carboxylic acids is 1. The molecule has 1 aromatic rings. The fraction of sp³-hybridized carbons (Fsp3) is 0.200. The highest BCUT2D eigenvalue weighted by atomic mass is 79.9. The molecule has 0 aliphatic rings. The van der Waals surface area contributed by atoms with Gasteiger partial charge in [-0.3, -0.25) is 4.79 Å². The molecular formula is C10H9BrFNO3. The maximum Gasteiger partial charge on any atom is 0.333 e. The third kappa shape index (κ3) is 2.21. The summed E-state index contributed by atoms with van der Waals surface area (Å²) in [6.07, 6.45) is 0.232. The van der Waals surface area contributed by atoms with E-state index in [-0.39, 0.29) is 12.0 Å². The van der Waals surface area contributed by atoms with Crippen LogP contribution >= 0.6 is 15.9 Å². The van der Waals surface area contributed by atoms with Crippen molar-refractivity contribution in [3.8, 4) is 0 Å². The van der Waals surface area contributed by atoms with E-state index in [4.69, 9.17) is 5.11 Å². The predicted molar refractivity (Wildman–Crippen MR) is 58.3 cm³/mol. The number of carbonyl (C=O) groups excluding carboxylic acids is 1. The van der Waals surface area contributed by atoms with Crippen LogP contribution in [0, 0.1) is 5.82 Å². The first-order chi connectivity index (χ1) is 7.41. The summed E-state index contributed by atoms with van der Waals surface area (Å²) in [6.45, 7) is 1.22. The Balaban J connectivity index is 3.31. The summed E-state index contributed by atoms with van der Waals surface area (Å²) in [4.78, 5) is 21.4. The molecule has 86 valence electrons. The van der Waals surface area contributed by atoms with Crippen molar-refractivity contribution < 1.29 is 19.1 Å². The molecule has 1 rings (SSSR count). The largest absolute Gasteiger partial charge is 0.479 e. The van der Waals surface area contributed by atoms with E-state index < -0.39 is 17.3 Å². The first kappa shape index (κ1) is 12.6. The molecule has 0 saturated heterocycles. The average molecular weight is 290 g/mol. The SMILES string of the molecule is CC(NC=O)(C(=O)O)c1ccc(Br)cc1F. The number of rotatable bonds is 4. The molecule has 1 amide bonds. The van der Waals surface area contributed by atoms with Gasteiger partial charge in [0.1, 0.15) is 5.82 Å². The number of carboxylic acid groups (broad SMARTS) is 1. The van der Waals surface area contributed by atoms with Gasteiger partial charge in [-0.25, -0.2) is 9.18 Å². The molecule has 0 bridgehead atoms. The van der Waals surface area contributed by atoms with E-state index in [0.717, 1.165) is 6.07 Å². The molecule has 0 radical (unpaired) electrons. The fourth-order valence-electron chi connectivity index (χ4n) is 1.27. The van der Waals surface area contributed by atoms with Crippen molar-refractivity contribution in [1.29, 1.82) is 0 Å².